The highest BCUT2D eigenvalue weighted by Gasteiger charge is 2.30. The topological polar surface area (TPSA) is 79.8 Å². The van der Waals surface area contributed by atoms with Crippen LogP contribution in [0.2, 0.25) is 0 Å². The van der Waals surface area contributed by atoms with Crippen molar-refractivity contribution in [3.05, 3.63) is 65.9 Å². The normalized spacial score (nSPS) is 15.3. The third-order valence-corrected chi connectivity index (χ3v) is 7.27. The smallest absolute Gasteiger partial charge is 0.255 e. The molecule has 8 heteroatoms. The number of carbonyl (C=O) groups excluding carboxylic acids is 1. The van der Waals surface area contributed by atoms with Gasteiger partial charge in [-0.05, 0) is 37.3 Å². The molecule has 30 heavy (non-hydrogen) atoms. The van der Waals surface area contributed by atoms with Gasteiger partial charge in [-0.2, -0.15) is 4.31 Å². The van der Waals surface area contributed by atoms with Gasteiger partial charge in [0.05, 0.1) is 28.8 Å². The van der Waals surface area contributed by atoms with Gasteiger partial charge >= 0.3 is 0 Å². The van der Waals surface area contributed by atoms with E-state index in [9.17, 15) is 13.2 Å². The minimum absolute atomic E-state index is 0.130. The third kappa shape index (κ3) is 3.76. The lowest BCUT2D eigenvalue weighted by Crippen LogP contribution is -2.50. The number of benzene rings is 2. The van der Waals surface area contributed by atoms with E-state index >= 15 is 0 Å². The summed E-state index contributed by atoms with van der Waals surface area (Å²) in [5, 5.41) is 0.857. The standard InChI is InChI=1S/C22H23N3O4S/c1-16-20(14-17-8-9-18(29-2)15-21(17)23-16)22(26)24-10-12-25(13-11-24)30(27,28)19-6-4-3-5-7-19/h3-9,14-15H,10-13H2,1-2H3. The van der Waals surface area contributed by atoms with Crippen LogP contribution in [0.25, 0.3) is 10.9 Å². The Morgan fingerprint density at radius 2 is 1.70 bits per heavy atom. The van der Waals surface area contributed by atoms with Gasteiger partial charge in [0, 0.05) is 37.6 Å². The van der Waals surface area contributed by atoms with Gasteiger partial charge in [0.2, 0.25) is 10.0 Å². The molecule has 7 nitrogen and oxygen atoms in total. The average Bonchev–Trinajstić information content (AvgIpc) is 2.78. The van der Waals surface area contributed by atoms with Crippen LogP contribution in [0.15, 0.2) is 59.5 Å². The first-order valence-electron chi connectivity index (χ1n) is 9.70. The van der Waals surface area contributed by atoms with Crippen LogP contribution in [-0.4, -0.2) is 61.8 Å². The van der Waals surface area contributed by atoms with Crippen LogP contribution in [-0.2, 0) is 10.0 Å². The van der Waals surface area contributed by atoms with Crippen molar-refractivity contribution in [2.75, 3.05) is 33.3 Å². The van der Waals surface area contributed by atoms with Crippen LogP contribution < -0.4 is 4.74 Å². The third-order valence-electron chi connectivity index (χ3n) is 5.35. The van der Waals surface area contributed by atoms with Crippen molar-refractivity contribution in [3.8, 4) is 5.75 Å². The predicted octanol–water partition coefficient (Wildman–Crippen LogP) is 2.70. The molecule has 1 aliphatic heterocycles. The Balaban J connectivity index is 1.51. The molecule has 4 rings (SSSR count). The largest absolute Gasteiger partial charge is 0.497 e. The van der Waals surface area contributed by atoms with Crippen LogP contribution >= 0.6 is 0 Å². The lowest BCUT2D eigenvalue weighted by molar-refractivity contribution is 0.0697. The van der Waals surface area contributed by atoms with Gasteiger partial charge in [-0.1, -0.05) is 18.2 Å². The molecule has 3 aromatic rings. The summed E-state index contributed by atoms with van der Waals surface area (Å²) in [5.41, 5.74) is 1.94. The number of piperazine rings is 1. The molecule has 0 saturated carbocycles. The number of methoxy groups -OCH3 is 1. The zero-order valence-corrected chi connectivity index (χ0v) is 17.7. The fraction of sp³-hybridized carbons (Fsp3) is 0.273. The number of ether oxygens (including phenoxy) is 1. The molecule has 0 aliphatic carbocycles. The molecule has 0 atom stereocenters. The Labute approximate surface area is 175 Å². The monoisotopic (exact) mass is 425 g/mol. The van der Waals surface area contributed by atoms with Crippen LogP contribution in [0, 0.1) is 6.92 Å². The maximum atomic E-state index is 13.1. The first-order chi connectivity index (χ1) is 14.4. The minimum atomic E-state index is -3.55. The molecule has 1 saturated heterocycles. The summed E-state index contributed by atoms with van der Waals surface area (Å²) in [4.78, 5) is 19.6. The van der Waals surface area contributed by atoms with Gasteiger partial charge in [0.15, 0.2) is 0 Å². The quantitative estimate of drug-likeness (QED) is 0.642. The molecule has 0 spiro atoms. The first kappa shape index (κ1) is 20.3. The molecule has 0 radical (unpaired) electrons. The second-order valence-electron chi connectivity index (χ2n) is 7.19. The molecule has 1 aliphatic rings. The van der Waals surface area contributed by atoms with E-state index in [4.69, 9.17) is 4.74 Å². The fourth-order valence-corrected chi connectivity index (χ4v) is 5.07. The van der Waals surface area contributed by atoms with Crippen molar-refractivity contribution >= 4 is 26.8 Å². The molecule has 156 valence electrons. The van der Waals surface area contributed by atoms with Gasteiger partial charge in [-0.15, -0.1) is 0 Å². The average molecular weight is 426 g/mol. The summed E-state index contributed by atoms with van der Waals surface area (Å²) >= 11 is 0. The minimum Gasteiger partial charge on any atom is -0.497 e. The highest BCUT2D eigenvalue weighted by Crippen LogP contribution is 2.23. The van der Waals surface area contributed by atoms with Crippen molar-refractivity contribution in [2.24, 2.45) is 0 Å². The highest BCUT2D eigenvalue weighted by molar-refractivity contribution is 7.89. The summed E-state index contributed by atoms with van der Waals surface area (Å²) in [6.07, 6.45) is 0. The Bertz CT molecular complexity index is 1190. The van der Waals surface area contributed by atoms with Crippen LogP contribution in [0.5, 0.6) is 5.75 Å². The van der Waals surface area contributed by atoms with Gasteiger partial charge in [-0.25, -0.2) is 8.42 Å². The number of hydrogen-bond acceptors (Lipinski definition) is 5. The van der Waals surface area contributed by atoms with Gasteiger partial charge in [0.25, 0.3) is 5.91 Å². The second kappa shape index (κ2) is 8.04. The van der Waals surface area contributed by atoms with Crippen molar-refractivity contribution in [3.63, 3.8) is 0 Å². The van der Waals surface area contributed by atoms with E-state index in [0.717, 1.165) is 10.9 Å². The molecular formula is C22H23N3O4S. The van der Waals surface area contributed by atoms with Crippen molar-refractivity contribution < 1.29 is 17.9 Å². The summed E-state index contributed by atoms with van der Waals surface area (Å²) in [6.45, 7) is 3.01. The van der Waals surface area contributed by atoms with E-state index < -0.39 is 10.0 Å². The lowest BCUT2D eigenvalue weighted by atomic mass is 10.1. The number of hydrogen-bond donors (Lipinski definition) is 0. The number of fused-ring (bicyclic) bond motifs is 1. The lowest BCUT2D eigenvalue weighted by Gasteiger charge is -2.34. The highest BCUT2D eigenvalue weighted by atomic mass is 32.2. The second-order valence-corrected chi connectivity index (χ2v) is 9.13. The van der Waals surface area contributed by atoms with Crippen LogP contribution in [0.3, 0.4) is 0 Å². The zero-order chi connectivity index (χ0) is 21.3. The maximum Gasteiger partial charge on any atom is 0.255 e. The molecule has 2 aromatic carbocycles. The van der Waals surface area contributed by atoms with E-state index in [1.54, 1.807) is 42.3 Å². The van der Waals surface area contributed by atoms with Crippen LogP contribution in [0.4, 0.5) is 0 Å². The van der Waals surface area contributed by atoms with Gasteiger partial charge < -0.3 is 9.64 Å². The van der Waals surface area contributed by atoms with E-state index in [0.29, 0.717) is 30.1 Å². The number of pyridine rings is 1. The van der Waals surface area contributed by atoms with Crippen LogP contribution in [0.1, 0.15) is 16.1 Å². The van der Waals surface area contributed by atoms with E-state index in [-0.39, 0.29) is 23.9 Å². The Morgan fingerprint density at radius 1 is 1.00 bits per heavy atom. The number of aromatic nitrogens is 1. The molecule has 2 heterocycles. The number of sulfonamides is 1. The van der Waals surface area contributed by atoms with Crippen molar-refractivity contribution in [1.82, 2.24) is 14.2 Å². The maximum absolute atomic E-state index is 13.1. The molecule has 0 bridgehead atoms. The van der Waals surface area contributed by atoms with E-state index in [1.807, 2.05) is 31.2 Å². The van der Waals surface area contributed by atoms with Crippen molar-refractivity contribution in [2.45, 2.75) is 11.8 Å². The number of aryl methyl sites for hydroxylation is 1. The number of nitrogens with zero attached hydrogens (tertiary/aromatic N) is 3. The Morgan fingerprint density at radius 3 is 2.37 bits per heavy atom. The number of amides is 1. The molecular weight excluding hydrogens is 402 g/mol. The van der Waals surface area contributed by atoms with Gasteiger partial charge in [0.1, 0.15) is 5.75 Å². The number of carbonyl (C=O) groups is 1. The zero-order valence-electron chi connectivity index (χ0n) is 16.9. The molecule has 1 aromatic heterocycles. The number of rotatable bonds is 4. The summed E-state index contributed by atoms with van der Waals surface area (Å²) in [6, 6.07) is 15.8. The van der Waals surface area contributed by atoms with Crippen molar-refractivity contribution in [1.29, 1.82) is 0 Å². The summed E-state index contributed by atoms with van der Waals surface area (Å²) < 4.78 is 32.2. The first-order valence-corrected chi connectivity index (χ1v) is 11.1. The molecule has 1 fully saturated rings. The SMILES string of the molecule is COc1ccc2cc(C(=O)N3CCN(S(=O)(=O)c4ccccc4)CC3)c(C)nc2c1. The summed E-state index contributed by atoms with van der Waals surface area (Å²) in [7, 11) is -1.95. The molecule has 0 N–H and O–H groups in total. The fourth-order valence-electron chi connectivity index (χ4n) is 3.63. The summed E-state index contributed by atoms with van der Waals surface area (Å²) in [5.74, 6) is 0.582. The Hall–Kier alpha value is -2.97. The molecule has 1 amide bonds. The van der Waals surface area contributed by atoms with E-state index in [2.05, 4.69) is 4.98 Å². The van der Waals surface area contributed by atoms with E-state index in [1.165, 1.54) is 4.31 Å². The predicted molar refractivity (Wildman–Crippen MR) is 114 cm³/mol. The molecule has 0 unspecified atom stereocenters. The Kier molecular flexibility index (Phi) is 5.44. The van der Waals surface area contributed by atoms with Gasteiger partial charge in [-0.3, -0.25) is 9.78 Å².